The highest BCUT2D eigenvalue weighted by Gasteiger charge is 2.38. The van der Waals surface area contributed by atoms with Gasteiger partial charge in [0.15, 0.2) is 0 Å². The summed E-state index contributed by atoms with van der Waals surface area (Å²) in [6, 6.07) is 0. The van der Waals surface area contributed by atoms with Crippen LogP contribution in [0.1, 0.15) is 33.1 Å². The molecule has 0 aliphatic carbocycles. The molecule has 11 heavy (non-hydrogen) atoms. The normalized spacial score (nSPS) is 26.7. The summed E-state index contributed by atoms with van der Waals surface area (Å²) in [4.78, 5) is 0. The van der Waals surface area contributed by atoms with Gasteiger partial charge in [0.05, 0.1) is 12.2 Å². The van der Waals surface area contributed by atoms with E-state index in [1.165, 1.54) is 19.3 Å². The fraction of sp³-hybridized carbons (Fsp3) is 1.00. The zero-order valence-electron chi connectivity index (χ0n) is 7.65. The number of ether oxygens (including phenoxy) is 1. The molecule has 0 aromatic rings. The Morgan fingerprint density at radius 1 is 1.09 bits per heavy atom. The zero-order chi connectivity index (χ0) is 8.16. The van der Waals surface area contributed by atoms with E-state index >= 15 is 0 Å². The molecule has 1 N–H and O–H groups in total. The van der Waals surface area contributed by atoms with Crippen molar-refractivity contribution < 1.29 is 4.74 Å². The Kier molecular flexibility index (Phi) is 3.34. The van der Waals surface area contributed by atoms with Gasteiger partial charge in [-0.15, -0.1) is 0 Å². The molecule has 2 aliphatic rings. The number of hydrogen-bond donors (Lipinski definition) is 1. The maximum atomic E-state index is 5.52. The zero-order valence-corrected chi connectivity index (χ0v) is 7.65. The first-order valence-corrected chi connectivity index (χ1v) is 4.76. The summed E-state index contributed by atoms with van der Waals surface area (Å²) in [5.74, 6) is 0. The largest absolute Gasteiger partial charge is 0.375 e. The second kappa shape index (κ2) is 4.07. The van der Waals surface area contributed by atoms with Crippen LogP contribution in [-0.2, 0) is 4.74 Å². The molecule has 1 spiro atoms. The molecule has 2 heterocycles. The molecular formula is C9H19NO. The van der Waals surface area contributed by atoms with Crippen LogP contribution in [0.3, 0.4) is 0 Å². The first-order chi connectivity index (χ1) is 5.41. The van der Waals surface area contributed by atoms with Gasteiger partial charge < -0.3 is 10.1 Å². The summed E-state index contributed by atoms with van der Waals surface area (Å²) in [5.41, 5.74) is 0.339. The van der Waals surface area contributed by atoms with E-state index in [9.17, 15) is 0 Å². The molecule has 0 amide bonds. The van der Waals surface area contributed by atoms with Crippen molar-refractivity contribution in [2.24, 2.45) is 0 Å². The van der Waals surface area contributed by atoms with Crippen LogP contribution in [0, 0.1) is 0 Å². The van der Waals surface area contributed by atoms with E-state index in [0.717, 1.165) is 19.7 Å². The van der Waals surface area contributed by atoms with E-state index in [2.05, 4.69) is 5.32 Å². The summed E-state index contributed by atoms with van der Waals surface area (Å²) < 4.78 is 5.52. The van der Waals surface area contributed by atoms with E-state index in [1.807, 2.05) is 13.8 Å². The van der Waals surface area contributed by atoms with Crippen LogP contribution in [0.15, 0.2) is 0 Å². The van der Waals surface area contributed by atoms with Gasteiger partial charge in [-0.25, -0.2) is 0 Å². The van der Waals surface area contributed by atoms with Crippen molar-refractivity contribution in [1.29, 1.82) is 0 Å². The fourth-order valence-corrected chi connectivity index (χ4v) is 1.67. The highest BCUT2D eigenvalue weighted by molar-refractivity contribution is 4.91. The van der Waals surface area contributed by atoms with Gasteiger partial charge in [-0.1, -0.05) is 13.8 Å². The number of hydrogen-bond acceptors (Lipinski definition) is 2. The second-order valence-corrected chi connectivity index (χ2v) is 3.03. The molecule has 0 aromatic heterocycles. The minimum absolute atomic E-state index is 0.339. The van der Waals surface area contributed by atoms with Gasteiger partial charge in [0, 0.05) is 0 Å². The molecule has 2 rings (SSSR count). The van der Waals surface area contributed by atoms with Crippen molar-refractivity contribution >= 4 is 0 Å². The summed E-state index contributed by atoms with van der Waals surface area (Å²) in [5, 5.41) is 3.33. The smallest absolute Gasteiger partial charge is 0.0728 e. The second-order valence-electron chi connectivity index (χ2n) is 3.03. The predicted molar refractivity (Wildman–Crippen MR) is 46.8 cm³/mol. The molecule has 0 saturated carbocycles. The molecule has 2 saturated heterocycles. The van der Waals surface area contributed by atoms with Crippen LogP contribution in [-0.4, -0.2) is 25.3 Å². The maximum Gasteiger partial charge on any atom is 0.0728 e. The minimum Gasteiger partial charge on any atom is -0.375 e. The van der Waals surface area contributed by atoms with Crippen molar-refractivity contribution in [3.05, 3.63) is 0 Å². The third-order valence-electron chi connectivity index (χ3n) is 2.48. The van der Waals surface area contributed by atoms with E-state index in [4.69, 9.17) is 4.74 Å². The molecule has 2 aliphatic heterocycles. The number of piperidine rings is 1. The highest BCUT2D eigenvalue weighted by atomic mass is 16.5. The Hall–Kier alpha value is -0.0800. The quantitative estimate of drug-likeness (QED) is 0.576. The van der Waals surface area contributed by atoms with Crippen LogP contribution in [0.2, 0.25) is 0 Å². The summed E-state index contributed by atoms with van der Waals surface area (Å²) in [6.45, 7) is 7.31. The Morgan fingerprint density at radius 3 is 1.91 bits per heavy atom. The van der Waals surface area contributed by atoms with Crippen molar-refractivity contribution in [3.8, 4) is 0 Å². The molecule has 2 nitrogen and oxygen atoms in total. The topological polar surface area (TPSA) is 21.3 Å². The van der Waals surface area contributed by atoms with Gasteiger partial charge in [0.1, 0.15) is 0 Å². The molecule has 2 heteroatoms. The first kappa shape index (κ1) is 9.01. The van der Waals surface area contributed by atoms with Crippen molar-refractivity contribution in [2.45, 2.75) is 38.7 Å². The molecule has 66 valence electrons. The fourth-order valence-electron chi connectivity index (χ4n) is 1.67. The van der Waals surface area contributed by atoms with Crippen molar-refractivity contribution in [2.75, 3.05) is 19.7 Å². The van der Waals surface area contributed by atoms with E-state index < -0.39 is 0 Å². The average Bonchev–Trinajstić information content (AvgIpc) is 2.07. The first-order valence-electron chi connectivity index (χ1n) is 4.76. The summed E-state index contributed by atoms with van der Waals surface area (Å²) in [7, 11) is 0. The Labute approximate surface area is 69.3 Å². The number of rotatable bonds is 0. The molecule has 0 bridgehead atoms. The lowest BCUT2D eigenvalue weighted by atomic mass is 9.85. The van der Waals surface area contributed by atoms with Gasteiger partial charge in [0.2, 0.25) is 0 Å². The minimum atomic E-state index is 0.339. The Balaban J connectivity index is 0.000000281. The third-order valence-corrected chi connectivity index (χ3v) is 2.48. The van der Waals surface area contributed by atoms with Crippen LogP contribution < -0.4 is 5.32 Å². The molecule has 0 aromatic carbocycles. The Morgan fingerprint density at radius 2 is 1.64 bits per heavy atom. The predicted octanol–water partition coefficient (Wildman–Crippen LogP) is 1.56. The van der Waals surface area contributed by atoms with E-state index in [1.54, 1.807) is 0 Å². The van der Waals surface area contributed by atoms with Crippen molar-refractivity contribution in [3.63, 3.8) is 0 Å². The van der Waals surface area contributed by atoms with Gasteiger partial charge in [-0.05, 0) is 32.4 Å². The number of nitrogens with one attached hydrogen (secondary N) is 1. The van der Waals surface area contributed by atoms with Gasteiger partial charge >= 0.3 is 0 Å². The lowest BCUT2D eigenvalue weighted by molar-refractivity contribution is -0.160. The standard InChI is InChI=1S/C7H13NO.C2H6/c1-4-8-5-2-7(1)3-6-9-7;1-2/h8H,1-6H2;1-2H3. The third kappa shape index (κ3) is 1.94. The van der Waals surface area contributed by atoms with Crippen LogP contribution >= 0.6 is 0 Å². The molecule has 0 atom stereocenters. The molecule has 0 unspecified atom stereocenters. The van der Waals surface area contributed by atoms with E-state index in [0.29, 0.717) is 5.60 Å². The summed E-state index contributed by atoms with van der Waals surface area (Å²) in [6.07, 6.45) is 3.76. The lowest BCUT2D eigenvalue weighted by Gasteiger charge is -2.44. The molecule has 0 radical (unpaired) electrons. The van der Waals surface area contributed by atoms with E-state index in [-0.39, 0.29) is 0 Å². The Bertz CT molecular complexity index is 102. The van der Waals surface area contributed by atoms with Crippen LogP contribution in [0.5, 0.6) is 0 Å². The average molecular weight is 157 g/mol. The highest BCUT2D eigenvalue weighted by Crippen LogP contribution is 2.34. The van der Waals surface area contributed by atoms with Gasteiger partial charge in [0.25, 0.3) is 0 Å². The maximum absolute atomic E-state index is 5.52. The van der Waals surface area contributed by atoms with Crippen molar-refractivity contribution in [1.82, 2.24) is 5.32 Å². The monoisotopic (exact) mass is 157 g/mol. The SMILES string of the molecule is C1CC2(CCN1)CCO2.CC. The molecular weight excluding hydrogens is 138 g/mol. The van der Waals surface area contributed by atoms with Gasteiger partial charge in [-0.3, -0.25) is 0 Å². The van der Waals surface area contributed by atoms with Gasteiger partial charge in [-0.2, -0.15) is 0 Å². The summed E-state index contributed by atoms with van der Waals surface area (Å²) >= 11 is 0. The van der Waals surface area contributed by atoms with Crippen LogP contribution in [0.25, 0.3) is 0 Å². The van der Waals surface area contributed by atoms with Crippen LogP contribution in [0.4, 0.5) is 0 Å². The molecule has 2 fully saturated rings. The lowest BCUT2D eigenvalue weighted by Crippen LogP contribution is -2.51.